The van der Waals surface area contributed by atoms with Gasteiger partial charge in [0.25, 0.3) is 0 Å². The first kappa shape index (κ1) is 18.6. The number of halogens is 2. The number of likely N-dealkylation sites (N-methyl/N-ethyl adjacent to an activating group) is 1. The zero-order valence-corrected chi connectivity index (χ0v) is 15.2. The Morgan fingerprint density at radius 1 is 1.55 bits per heavy atom. The summed E-state index contributed by atoms with van der Waals surface area (Å²) in [6.07, 6.45) is 10.9. The Morgan fingerprint density at radius 2 is 2.18 bits per heavy atom. The molecule has 1 atom stereocenters. The molecule has 1 unspecified atom stereocenters. The molecule has 22 heavy (non-hydrogen) atoms. The van der Waals surface area contributed by atoms with Crippen LogP contribution in [-0.2, 0) is 4.79 Å². The minimum Gasteiger partial charge on any atom is -0.346 e. The minimum atomic E-state index is 0.0827. The van der Waals surface area contributed by atoms with Gasteiger partial charge in [-0.3, -0.25) is 4.79 Å². The highest BCUT2D eigenvalue weighted by atomic mass is 79.9. The fourth-order valence-corrected chi connectivity index (χ4v) is 3.25. The number of terminal acetylenes is 1. The van der Waals surface area contributed by atoms with Crippen molar-refractivity contribution in [2.45, 2.75) is 25.8 Å². The lowest BCUT2D eigenvalue weighted by Crippen LogP contribution is -2.35. The monoisotopic (exact) mass is 382 g/mol. The van der Waals surface area contributed by atoms with Crippen molar-refractivity contribution in [2.24, 2.45) is 0 Å². The van der Waals surface area contributed by atoms with Crippen molar-refractivity contribution in [3.05, 3.63) is 39.5 Å². The summed E-state index contributed by atoms with van der Waals surface area (Å²) in [5, 5.41) is 0.709. The van der Waals surface area contributed by atoms with Crippen molar-refractivity contribution < 1.29 is 4.79 Å². The third kappa shape index (κ3) is 3.66. The van der Waals surface area contributed by atoms with Crippen LogP contribution >= 0.6 is 27.5 Å². The summed E-state index contributed by atoms with van der Waals surface area (Å²) in [4.78, 5) is 14.9. The van der Waals surface area contributed by atoms with Crippen LogP contribution in [0.4, 0.5) is 5.69 Å². The topological polar surface area (TPSA) is 23.6 Å². The maximum absolute atomic E-state index is 11.1. The fourth-order valence-electron chi connectivity index (χ4n) is 2.66. The van der Waals surface area contributed by atoms with E-state index < -0.39 is 0 Å². The molecule has 1 amide bonds. The molecule has 1 aliphatic heterocycles. The number of benzene rings is 1. The van der Waals surface area contributed by atoms with E-state index in [1.807, 2.05) is 35.9 Å². The van der Waals surface area contributed by atoms with Crippen LogP contribution in [0.1, 0.15) is 18.4 Å². The summed E-state index contributed by atoms with van der Waals surface area (Å²) in [6.45, 7) is 6.97. The van der Waals surface area contributed by atoms with Gasteiger partial charge in [0.2, 0.25) is 6.41 Å². The van der Waals surface area contributed by atoms with Crippen molar-refractivity contribution in [2.75, 3.05) is 18.5 Å². The smallest absolute Gasteiger partial charge is 0.210 e. The van der Waals surface area contributed by atoms with Gasteiger partial charge >= 0.3 is 0 Å². The molecule has 1 heterocycles. The van der Waals surface area contributed by atoms with Crippen LogP contribution in [0.25, 0.3) is 0 Å². The van der Waals surface area contributed by atoms with E-state index in [0.717, 1.165) is 47.2 Å². The molecule has 0 saturated carbocycles. The normalized spacial score (nSPS) is 16.6. The number of anilines is 1. The number of likely N-dealkylation sites (tertiary alicyclic amines) is 1. The van der Waals surface area contributed by atoms with Crippen LogP contribution < -0.4 is 4.90 Å². The fraction of sp³-hybridized carbons (Fsp3) is 0.353. The Morgan fingerprint density at radius 3 is 2.77 bits per heavy atom. The quantitative estimate of drug-likeness (QED) is 0.574. The molecule has 0 N–H and O–H groups in total. The summed E-state index contributed by atoms with van der Waals surface area (Å²) in [5.41, 5.74) is 2.94. The van der Waals surface area contributed by atoms with Gasteiger partial charge in [-0.15, -0.1) is 12.8 Å². The number of carbonyl (C=O) groups excluding carboxylic acids is 1. The second-order valence-corrected chi connectivity index (χ2v) is 6.29. The Balaban J connectivity index is 0.00000116. The van der Waals surface area contributed by atoms with Crippen LogP contribution in [0.15, 0.2) is 28.9 Å². The predicted octanol–water partition coefficient (Wildman–Crippen LogP) is 4.23. The lowest BCUT2D eigenvalue weighted by molar-refractivity contribution is -0.118. The molecule has 1 fully saturated rings. The SMILES string of the molecule is C#C.C=C(C1CCCN1C=O)N(C)c1ccc(Br)c(Cl)c1C. The third-order valence-electron chi connectivity index (χ3n) is 3.92. The largest absolute Gasteiger partial charge is 0.346 e. The molecule has 1 aliphatic rings. The first-order valence-corrected chi connectivity index (χ1v) is 8.06. The second-order valence-electron chi connectivity index (χ2n) is 5.06. The van der Waals surface area contributed by atoms with Gasteiger partial charge in [0.15, 0.2) is 0 Å². The average Bonchev–Trinajstić information content (AvgIpc) is 3.02. The number of amides is 1. The van der Waals surface area contributed by atoms with Gasteiger partial charge < -0.3 is 9.80 Å². The van der Waals surface area contributed by atoms with Gasteiger partial charge in [0.1, 0.15) is 0 Å². The van der Waals surface area contributed by atoms with Gasteiger partial charge in [0.05, 0.1) is 11.1 Å². The summed E-state index contributed by atoms with van der Waals surface area (Å²) in [7, 11) is 1.97. The zero-order valence-electron chi connectivity index (χ0n) is 12.9. The molecule has 0 radical (unpaired) electrons. The van der Waals surface area contributed by atoms with E-state index in [1.54, 1.807) is 0 Å². The summed E-state index contributed by atoms with van der Waals surface area (Å²) >= 11 is 9.70. The number of hydrogen-bond acceptors (Lipinski definition) is 2. The van der Waals surface area contributed by atoms with E-state index >= 15 is 0 Å². The van der Waals surface area contributed by atoms with Crippen molar-refractivity contribution in [3.8, 4) is 12.8 Å². The maximum Gasteiger partial charge on any atom is 0.210 e. The molecule has 0 aromatic heterocycles. The Bertz CT molecular complexity index is 586. The molecule has 0 aliphatic carbocycles. The lowest BCUT2D eigenvalue weighted by atomic mass is 10.1. The van der Waals surface area contributed by atoms with Crippen molar-refractivity contribution in [3.63, 3.8) is 0 Å². The van der Waals surface area contributed by atoms with E-state index in [9.17, 15) is 4.79 Å². The van der Waals surface area contributed by atoms with Gasteiger partial charge in [-0.1, -0.05) is 18.2 Å². The van der Waals surface area contributed by atoms with Gasteiger partial charge in [0, 0.05) is 29.4 Å². The second kappa shape index (κ2) is 8.26. The third-order valence-corrected chi connectivity index (χ3v) is 5.29. The molecular formula is C17H20BrClN2O. The van der Waals surface area contributed by atoms with Crippen LogP contribution in [0, 0.1) is 19.8 Å². The van der Waals surface area contributed by atoms with Gasteiger partial charge in [-0.2, -0.15) is 0 Å². The summed E-state index contributed by atoms with van der Waals surface area (Å²) in [5.74, 6) is 0. The van der Waals surface area contributed by atoms with Gasteiger partial charge in [-0.25, -0.2) is 0 Å². The summed E-state index contributed by atoms with van der Waals surface area (Å²) in [6, 6.07) is 4.02. The maximum atomic E-state index is 11.1. The Hall–Kier alpha value is -1.44. The highest BCUT2D eigenvalue weighted by molar-refractivity contribution is 9.10. The Kier molecular flexibility index (Phi) is 6.99. The molecule has 1 saturated heterocycles. The van der Waals surface area contributed by atoms with E-state index in [1.165, 1.54) is 0 Å². The van der Waals surface area contributed by atoms with E-state index in [4.69, 9.17) is 11.6 Å². The molecule has 5 heteroatoms. The first-order chi connectivity index (χ1) is 10.5. The van der Waals surface area contributed by atoms with Crippen molar-refractivity contribution in [1.29, 1.82) is 0 Å². The van der Waals surface area contributed by atoms with Crippen molar-refractivity contribution >= 4 is 39.6 Å². The number of hydrogen-bond donors (Lipinski definition) is 0. The highest BCUT2D eigenvalue weighted by Crippen LogP contribution is 2.35. The molecule has 0 bridgehead atoms. The molecular weight excluding hydrogens is 364 g/mol. The Labute approximate surface area is 146 Å². The van der Waals surface area contributed by atoms with E-state index in [-0.39, 0.29) is 6.04 Å². The van der Waals surface area contributed by atoms with Crippen LogP contribution in [0.3, 0.4) is 0 Å². The minimum absolute atomic E-state index is 0.0827. The van der Waals surface area contributed by atoms with Crippen LogP contribution in [0.5, 0.6) is 0 Å². The van der Waals surface area contributed by atoms with Gasteiger partial charge in [-0.05, 0) is 53.4 Å². The number of nitrogens with zero attached hydrogens (tertiary/aromatic N) is 2. The lowest BCUT2D eigenvalue weighted by Gasteiger charge is -2.31. The van der Waals surface area contributed by atoms with E-state index in [0.29, 0.717) is 5.02 Å². The zero-order chi connectivity index (χ0) is 16.9. The first-order valence-electron chi connectivity index (χ1n) is 6.89. The average molecular weight is 384 g/mol. The number of carbonyl (C=O) groups is 1. The predicted molar refractivity (Wildman–Crippen MR) is 97.1 cm³/mol. The summed E-state index contributed by atoms with van der Waals surface area (Å²) < 4.78 is 0.884. The molecule has 1 aromatic carbocycles. The molecule has 0 spiro atoms. The molecule has 3 nitrogen and oxygen atoms in total. The number of rotatable bonds is 4. The van der Waals surface area contributed by atoms with Crippen LogP contribution in [-0.4, -0.2) is 30.9 Å². The molecule has 2 rings (SSSR count). The molecule has 1 aromatic rings. The van der Waals surface area contributed by atoms with E-state index in [2.05, 4.69) is 35.4 Å². The molecule has 118 valence electrons. The van der Waals surface area contributed by atoms with Crippen molar-refractivity contribution in [1.82, 2.24) is 4.90 Å². The van der Waals surface area contributed by atoms with Crippen LogP contribution in [0.2, 0.25) is 5.02 Å². The highest BCUT2D eigenvalue weighted by Gasteiger charge is 2.28. The standard InChI is InChI=1S/C15H18BrClN2O.C2H2/c1-10-13(7-6-12(16)15(10)17)18(3)11(2)14-5-4-8-19(14)9-20;1-2/h6-7,9,14H,2,4-5,8H2,1,3H3;1-2H.